The Morgan fingerprint density at radius 3 is 2.45 bits per heavy atom. The molecule has 0 bridgehead atoms. The van der Waals surface area contributed by atoms with Gasteiger partial charge in [0.15, 0.2) is 5.96 Å². The predicted octanol–water partition coefficient (Wildman–Crippen LogP) is 3.75. The number of hydrogen-bond acceptors (Lipinski definition) is 3. The number of benzene rings is 2. The fraction of sp³-hybridized carbons (Fsp3) is 0.304. The monoisotopic (exact) mass is 391 g/mol. The van der Waals surface area contributed by atoms with Crippen LogP contribution in [0.5, 0.6) is 5.75 Å². The van der Waals surface area contributed by atoms with Gasteiger partial charge in [0.25, 0.3) is 0 Å². The SMILES string of the molecule is CCNC(=NCc1ccccc1OC)NCc1ccccc1-n1nc(C)cc1C. The summed E-state index contributed by atoms with van der Waals surface area (Å²) in [6, 6.07) is 18.3. The van der Waals surface area contributed by atoms with Crippen molar-refractivity contribution >= 4 is 5.96 Å². The molecule has 29 heavy (non-hydrogen) atoms. The van der Waals surface area contributed by atoms with Gasteiger partial charge < -0.3 is 15.4 Å². The van der Waals surface area contributed by atoms with Gasteiger partial charge in [0.05, 0.1) is 25.0 Å². The zero-order valence-corrected chi connectivity index (χ0v) is 17.6. The summed E-state index contributed by atoms with van der Waals surface area (Å²) >= 11 is 0. The highest BCUT2D eigenvalue weighted by Gasteiger charge is 2.09. The Bertz CT molecular complexity index is 977. The minimum atomic E-state index is 0.540. The molecule has 0 unspecified atom stereocenters. The average molecular weight is 392 g/mol. The van der Waals surface area contributed by atoms with Gasteiger partial charge in [-0.05, 0) is 44.5 Å². The van der Waals surface area contributed by atoms with Gasteiger partial charge in [-0.3, -0.25) is 0 Å². The van der Waals surface area contributed by atoms with Crippen LogP contribution in [0, 0.1) is 13.8 Å². The molecule has 6 heteroatoms. The summed E-state index contributed by atoms with van der Waals surface area (Å²) in [6.07, 6.45) is 0. The first-order valence-corrected chi connectivity index (χ1v) is 9.88. The minimum absolute atomic E-state index is 0.540. The van der Waals surface area contributed by atoms with Crippen molar-refractivity contribution < 1.29 is 4.74 Å². The summed E-state index contributed by atoms with van der Waals surface area (Å²) in [5.41, 5.74) is 5.41. The molecule has 2 aromatic carbocycles. The summed E-state index contributed by atoms with van der Waals surface area (Å²) in [6.45, 7) is 8.12. The molecule has 0 aliphatic carbocycles. The van der Waals surface area contributed by atoms with E-state index in [4.69, 9.17) is 9.73 Å². The third-order valence-electron chi connectivity index (χ3n) is 4.62. The van der Waals surface area contributed by atoms with E-state index in [0.29, 0.717) is 13.1 Å². The lowest BCUT2D eigenvalue weighted by molar-refractivity contribution is 0.410. The number of rotatable bonds is 7. The van der Waals surface area contributed by atoms with Crippen molar-refractivity contribution in [2.24, 2.45) is 4.99 Å². The largest absolute Gasteiger partial charge is 0.496 e. The molecule has 1 aromatic heterocycles. The van der Waals surface area contributed by atoms with Gasteiger partial charge in [-0.1, -0.05) is 36.4 Å². The topological polar surface area (TPSA) is 63.5 Å². The Hall–Kier alpha value is -3.28. The first-order valence-electron chi connectivity index (χ1n) is 9.88. The first-order chi connectivity index (χ1) is 14.1. The molecule has 2 N–H and O–H groups in total. The van der Waals surface area contributed by atoms with E-state index in [2.05, 4.69) is 47.8 Å². The highest BCUT2D eigenvalue weighted by Crippen LogP contribution is 2.18. The zero-order valence-electron chi connectivity index (χ0n) is 17.6. The zero-order chi connectivity index (χ0) is 20.6. The van der Waals surface area contributed by atoms with E-state index in [1.807, 2.05) is 48.0 Å². The van der Waals surface area contributed by atoms with Crippen molar-refractivity contribution in [1.29, 1.82) is 0 Å². The fourth-order valence-corrected chi connectivity index (χ4v) is 3.26. The third kappa shape index (κ3) is 5.16. The number of methoxy groups -OCH3 is 1. The number of ether oxygens (including phenoxy) is 1. The van der Waals surface area contributed by atoms with Crippen LogP contribution >= 0.6 is 0 Å². The molecule has 0 saturated carbocycles. The Balaban J connectivity index is 1.77. The Morgan fingerprint density at radius 1 is 1.03 bits per heavy atom. The van der Waals surface area contributed by atoms with E-state index in [1.54, 1.807) is 7.11 Å². The lowest BCUT2D eigenvalue weighted by atomic mass is 10.1. The number of guanidine groups is 1. The highest BCUT2D eigenvalue weighted by atomic mass is 16.5. The summed E-state index contributed by atoms with van der Waals surface area (Å²) in [4.78, 5) is 4.72. The molecule has 1 heterocycles. The van der Waals surface area contributed by atoms with Crippen LogP contribution in [-0.2, 0) is 13.1 Å². The Morgan fingerprint density at radius 2 is 1.76 bits per heavy atom. The second kappa shape index (κ2) is 9.78. The quantitative estimate of drug-likeness (QED) is 0.476. The lowest BCUT2D eigenvalue weighted by Crippen LogP contribution is -2.37. The normalized spacial score (nSPS) is 11.4. The van der Waals surface area contributed by atoms with E-state index in [0.717, 1.165) is 46.5 Å². The van der Waals surface area contributed by atoms with E-state index >= 15 is 0 Å². The number of nitrogens with one attached hydrogen (secondary N) is 2. The molecule has 0 fully saturated rings. The average Bonchev–Trinajstić information content (AvgIpc) is 3.08. The molecular formula is C23H29N5O. The number of aliphatic imine (C=N–C) groups is 1. The van der Waals surface area contributed by atoms with Crippen molar-refractivity contribution in [3.05, 3.63) is 77.1 Å². The number of aryl methyl sites for hydroxylation is 2. The van der Waals surface area contributed by atoms with Gasteiger partial charge in [-0.15, -0.1) is 0 Å². The maximum Gasteiger partial charge on any atom is 0.191 e. The van der Waals surface area contributed by atoms with E-state index < -0.39 is 0 Å². The van der Waals surface area contributed by atoms with Crippen LogP contribution in [0.4, 0.5) is 0 Å². The van der Waals surface area contributed by atoms with Crippen molar-refractivity contribution in [3.8, 4) is 11.4 Å². The summed E-state index contributed by atoms with van der Waals surface area (Å²) in [5, 5.41) is 11.4. The molecule has 0 radical (unpaired) electrons. The van der Waals surface area contributed by atoms with Crippen molar-refractivity contribution in [2.45, 2.75) is 33.9 Å². The second-order valence-corrected chi connectivity index (χ2v) is 6.83. The van der Waals surface area contributed by atoms with Gasteiger partial charge >= 0.3 is 0 Å². The first kappa shape index (κ1) is 20.5. The maximum absolute atomic E-state index is 5.42. The van der Waals surface area contributed by atoms with Gasteiger partial charge in [-0.2, -0.15) is 5.10 Å². The summed E-state index contributed by atoms with van der Waals surface area (Å²) in [5.74, 6) is 1.61. The van der Waals surface area contributed by atoms with Crippen LogP contribution in [0.25, 0.3) is 5.69 Å². The van der Waals surface area contributed by atoms with Crippen LogP contribution in [0.15, 0.2) is 59.6 Å². The molecule has 6 nitrogen and oxygen atoms in total. The van der Waals surface area contributed by atoms with Gasteiger partial charge in [0.1, 0.15) is 5.75 Å². The van der Waals surface area contributed by atoms with Crippen LogP contribution in [-0.4, -0.2) is 29.4 Å². The van der Waals surface area contributed by atoms with Gasteiger partial charge in [-0.25, -0.2) is 9.67 Å². The molecule has 0 saturated heterocycles. The molecule has 3 aromatic rings. The minimum Gasteiger partial charge on any atom is -0.496 e. The summed E-state index contributed by atoms with van der Waals surface area (Å²) < 4.78 is 7.42. The fourth-order valence-electron chi connectivity index (χ4n) is 3.26. The lowest BCUT2D eigenvalue weighted by Gasteiger charge is -2.15. The molecule has 152 valence electrons. The molecule has 0 spiro atoms. The number of para-hydroxylation sites is 2. The second-order valence-electron chi connectivity index (χ2n) is 6.83. The molecule has 0 aliphatic heterocycles. The number of hydrogen-bond donors (Lipinski definition) is 2. The van der Waals surface area contributed by atoms with Crippen LogP contribution in [0.1, 0.15) is 29.4 Å². The smallest absolute Gasteiger partial charge is 0.191 e. The number of nitrogens with zero attached hydrogens (tertiary/aromatic N) is 3. The summed E-state index contributed by atoms with van der Waals surface area (Å²) in [7, 11) is 1.68. The van der Waals surface area contributed by atoms with Crippen molar-refractivity contribution in [3.63, 3.8) is 0 Å². The molecule has 0 aliphatic rings. The Kier molecular flexibility index (Phi) is 6.89. The van der Waals surface area contributed by atoms with Crippen LogP contribution in [0.3, 0.4) is 0 Å². The van der Waals surface area contributed by atoms with Gasteiger partial charge in [0.2, 0.25) is 0 Å². The molecular weight excluding hydrogens is 362 g/mol. The van der Waals surface area contributed by atoms with Crippen molar-refractivity contribution in [2.75, 3.05) is 13.7 Å². The molecule has 0 atom stereocenters. The third-order valence-corrected chi connectivity index (χ3v) is 4.62. The number of aromatic nitrogens is 2. The van der Waals surface area contributed by atoms with Gasteiger partial charge in [0, 0.05) is 24.3 Å². The Labute approximate surface area is 172 Å². The van der Waals surface area contributed by atoms with E-state index in [-0.39, 0.29) is 0 Å². The van der Waals surface area contributed by atoms with E-state index in [1.165, 1.54) is 0 Å². The predicted molar refractivity (Wildman–Crippen MR) is 118 cm³/mol. The van der Waals surface area contributed by atoms with Crippen molar-refractivity contribution in [1.82, 2.24) is 20.4 Å². The molecule has 3 rings (SSSR count). The molecule has 0 amide bonds. The highest BCUT2D eigenvalue weighted by molar-refractivity contribution is 5.79. The standard InChI is InChI=1S/C23H29N5O/c1-5-24-23(26-16-20-11-7-9-13-22(20)29-4)25-15-19-10-6-8-12-21(19)28-18(3)14-17(2)27-28/h6-14H,5,15-16H2,1-4H3,(H2,24,25,26). The van der Waals surface area contributed by atoms with Crippen LogP contribution in [0.2, 0.25) is 0 Å². The van der Waals surface area contributed by atoms with E-state index in [9.17, 15) is 0 Å². The maximum atomic E-state index is 5.42. The van der Waals surface area contributed by atoms with Crippen LogP contribution < -0.4 is 15.4 Å².